The molecule has 0 spiro atoms. The third-order valence-electron chi connectivity index (χ3n) is 2.20. The molecule has 0 heterocycles. The molecule has 0 atom stereocenters. The lowest BCUT2D eigenvalue weighted by Crippen LogP contribution is -2.10. The van der Waals surface area contributed by atoms with Crippen LogP contribution in [0.1, 0.15) is 35.3 Å². The van der Waals surface area contributed by atoms with Crippen molar-refractivity contribution in [3.63, 3.8) is 0 Å². The minimum absolute atomic E-state index is 0.316. The Bertz CT molecular complexity index is 449. The van der Waals surface area contributed by atoms with Gasteiger partial charge in [0.2, 0.25) is 0 Å². The van der Waals surface area contributed by atoms with Crippen LogP contribution in [0.5, 0.6) is 0 Å². The monoisotopic (exact) mass is 329 g/mol. The second-order valence-corrected chi connectivity index (χ2v) is 4.23. The van der Waals surface area contributed by atoms with E-state index in [1.807, 2.05) is 19.1 Å². The molecular formula is C12H12INO2. The molecular weight excluding hydrogens is 317 g/mol. The first kappa shape index (κ1) is 13.0. The maximum absolute atomic E-state index is 11.7. The van der Waals surface area contributed by atoms with E-state index in [1.54, 1.807) is 13.0 Å². The summed E-state index contributed by atoms with van der Waals surface area (Å²) in [6.45, 7) is 4.08. The molecule has 0 N–H and O–H groups in total. The van der Waals surface area contributed by atoms with E-state index in [0.29, 0.717) is 17.7 Å². The molecule has 0 fully saturated rings. The average molecular weight is 329 g/mol. The second kappa shape index (κ2) is 5.85. The summed E-state index contributed by atoms with van der Waals surface area (Å²) in [5.41, 5.74) is 1.83. The Labute approximate surface area is 109 Å². The molecule has 0 aromatic heterocycles. The Morgan fingerprint density at radius 1 is 1.50 bits per heavy atom. The van der Waals surface area contributed by atoms with Gasteiger partial charge in [0.25, 0.3) is 0 Å². The van der Waals surface area contributed by atoms with Crippen LogP contribution in [-0.4, -0.2) is 12.6 Å². The molecule has 3 nitrogen and oxygen atoms in total. The summed E-state index contributed by atoms with van der Waals surface area (Å²) in [4.78, 5) is 11.7. The Morgan fingerprint density at radius 3 is 2.69 bits per heavy atom. The lowest BCUT2D eigenvalue weighted by atomic mass is 10.0. The number of rotatable bonds is 3. The molecule has 1 rings (SSSR count). The van der Waals surface area contributed by atoms with Crippen molar-refractivity contribution in [3.05, 3.63) is 32.4 Å². The number of ether oxygens (including phenoxy) is 1. The first-order chi connectivity index (χ1) is 7.65. The maximum Gasteiger partial charge on any atom is 0.340 e. The molecule has 0 aliphatic carbocycles. The van der Waals surface area contributed by atoms with Crippen LogP contribution in [0.2, 0.25) is 0 Å². The van der Waals surface area contributed by atoms with Crippen molar-refractivity contribution in [3.8, 4) is 6.07 Å². The zero-order chi connectivity index (χ0) is 12.1. The standard InChI is InChI=1S/C12H12INO2/c1-3-8-5-6-9(7-14)10(11(8)13)12(15)16-4-2/h5-6H,3-4H2,1-2H3. The van der Waals surface area contributed by atoms with Crippen molar-refractivity contribution in [2.45, 2.75) is 20.3 Å². The third kappa shape index (κ3) is 2.53. The number of nitrogens with zero attached hydrogens (tertiary/aromatic N) is 1. The third-order valence-corrected chi connectivity index (χ3v) is 3.44. The highest BCUT2D eigenvalue weighted by Gasteiger charge is 2.18. The van der Waals surface area contributed by atoms with Gasteiger partial charge in [-0.1, -0.05) is 13.0 Å². The van der Waals surface area contributed by atoms with Gasteiger partial charge >= 0.3 is 5.97 Å². The van der Waals surface area contributed by atoms with Gasteiger partial charge in [0.15, 0.2) is 0 Å². The summed E-state index contributed by atoms with van der Waals surface area (Å²) in [7, 11) is 0. The smallest absolute Gasteiger partial charge is 0.340 e. The number of carbonyl (C=O) groups excluding carboxylic acids is 1. The molecule has 0 saturated carbocycles. The fraction of sp³-hybridized carbons (Fsp3) is 0.333. The van der Waals surface area contributed by atoms with E-state index in [2.05, 4.69) is 22.6 Å². The van der Waals surface area contributed by atoms with Gasteiger partial charge in [0.05, 0.1) is 17.7 Å². The highest BCUT2D eigenvalue weighted by atomic mass is 127. The zero-order valence-corrected chi connectivity index (χ0v) is 11.4. The van der Waals surface area contributed by atoms with Crippen LogP contribution in [0.25, 0.3) is 0 Å². The van der Waals surface area contributed by atoms with Gasteiger partial charge in [-0.25, -0.2) is 4.79 Å². The fourth-order valence-corrected chi connectivity index (χ4v) is 2.46. The molecule has 16 heavy (non-hydrogen) atoms. The molecule has 0 aliphatic heterocycles. The highest BCUT2D eigenvalue weighted by molar-refractivity contribution is 14.1. The first-order valence-electron chi connectivity index (χ1n) is 5.04. The highest BCUT2D eigenvalue weighted by Crippen LogP contribution is 2.22. The van der Waals surface area contributed by atoms with Crippen molar-refractivity contribution >= 4 is 28.6 Å². The van der Waals surface area contributed by atoms with E-state index in [-0.39, 0.29) is 0 Å². The van der Waals surface area contributed by atoms with Gasteiger partial charge < -0.3 is 4.74 Å². The van der Waals surface area contributed by atoms with Gasteiger partial charge in [-0.2, -0.15) is 5.26 Å². The van der Waals surface area contributed by atoms with E-state index in [0.717, 1.165) is 15.6 Å². The number of carbonyl (C=O) groups is 1. The molecule has 84 valence electrons. The number of hydrogen-bond donors (Lipinski definition) is 0. The molecule has 0 radical (unpaired) electrons. The summed E-state index contributed by atoms with van der Waals surface area (Å²) >= 11 is 2.09. The molecule has 1 aromatic carbocycles. The van der Waals surface area contributed by atoms with Gasteiger partial charge in [-0.15, -0.1) is 0 Å². The predicted octanol–water partition coefficient (Wildman–Crippen LogP) is 2.90. The van der Waals surface area contributed by atoms with Gasteiger partial charge in [-0.3, -0.25) is 0 Å². The Balaban J connectivity index is 3.33. The number of halogens is 1. The van der Waals surface area contributed by atoms with Crippen molar-refractivity contribution < 1.29 is 9.53 Å². The lowest BCUT2D eigenvalue weighted by Gasteiger charge is -2.09. The largest absolute Gasteiger partial charge is 0.462 e. The zero-order valence-electron chi connectivity index (χ0n) is 9.21. The van der Waals surface area contributed by atoms with Crippen LogP contribution in [0.3, 0.4) is 0 Å². The minimum atomic E-state index is -0.418. The SMILES string of the molecule is CCOC(=O)c1c(C#N)ccc(CC)c1I. The number of benzene rings is 1. The number of aryl methyl sites for hydroxylation is 1. The quantitative estimate of drug-likeness (QED) is 0.633. The van der Waals surface area contributed by atoms with Crippen LogP contribution in [-0.2, 0) is 11.2 Å². The van der Waals surface area contributed by atoms with Crippen LogP contribution in [0.15, 0.2) is 12.1 Å². The Morgan fingerprint density at radius 2 is 2.19 bits per heavy atom. The molecule has 4 heteroatoms. The average Bonchev–Trinajstić information content (AvgIpc) is 2.28. The summed E-state index contributed by atoms with van der Waals surface area (Å²) in [5.74, 6) is -0.418. The number of hydrogen-bond acceptors (Lipinski definition) is 3. The molecule has 0 bridgehead atoms. The fourth-order valence-electron chi connectivity index (χ4n) is 1.39. The lowest BCUT2D eigenvalue weighted by molar-refractivity contribution is 0.0524. The van der Waals surface area contributed by atoms with E-state index < -0.39 is 5.97 Å². The topological polar surface area (TPSA) is 50.1 Å². The van der Waals surface area contributed by atoms with Gasteiger partial charge in [-0.05, 0) is 47.6 Å². The van der Waals surface area contributed by atoms with Crippen molar-refractivity contribution in [1.29, 1.82) is 5.26 Å². The molecule has 0 amide bonds. The van der Waals surface area contributed by atoms with Crippen molar-refractivity contribution in [2.24, 2.45) is 0 Å². The van der Waals surface area contributed by atoms with Crippen molar-refractivity contribution in [1.82, 2.24) is 0 Å². The summed E-state index contributed by atoms with van der Waals surface area (Å²) in [6, 6.07) is 5.57. The summed E-state index contributed by atoms with van der Waals surface area (Å²) in [5, 5.41) is 8.96. The summed E-state index contributed by atoms with van der Waals surface area (Å²) in [6.07, 6.45) is 0.830. The molecule has 1 aromatic rings. The van der Waals surface area contributed by atoms with Gasteiger partial charge in [0, 0.05) is 3.57 Å². The second-order valence-electron chi connectivity index (χ2n) is 3.15. The van der Waals surface area contributed by atoms with E-state index in [1.165, 1.54) is 0 Å². The van der Waals surface area contributed by atoms with E-state index >= 15 is 0 Å². The number of nitriles is 1. The van der Waals surface area contributed by atoms with Crippen LogP contribution in [0, 0.1) is 14.9 Å². The van der Waals surface area contributed by atoms with Crippen LogP contribution < -0.4 is 0 Å². The van der Waals surface area contributed by atoms with E-state index in [9.17, 15) is 4.79 Å². The normalized spacial score (nSPS) is 9.62. The van der Waals surface area contributed by atoms with Crippen LogP contribution >= 0.6 is 22.6 Å². The predicted molar refractivity (Wildman–Crippen MR) is 69.2 cm³/mol. The number of esters is 1. The summed E-state index contributed by atoms with van der Waals surface area (Å²) < 4.78 is 5.77. The van der Waals surface area contributed by atoms with Crippen LogP contribution in [0.4, 0.5) is 0 Å². The Kier molecular flexibility index (Phi) is 4.74. The maximum atomic E-state index is 11.7. The Hall–Kier alpha value is -1.09. The van der Waals surface area contributed by atoms with Gasteiger partial charge in [0.1, 0.15) is 6.07 Å². The van der Waals surface area contributed by atoms with E-state index in [4.69, 9.17) is 10.00 Å². The molecule has 0 aliphatic rings. The minimum Gasteiger partial charge on any atom is -0.462 e. The molecule has 0 unspecified atom stereocenters. The molecule has 0 saturated heterocycles. The first-order valence-corrected chi connectivity index (χ1v) is 6.12. The van der Waals surface area contributed by atoms with Crippen molar-refractivity contribution in [2.75, 3.05) is 6.61 Å².